The molecule has 0 bridgehead atoms. The summed E-state index contributed by atoms with van der Waals surface area (Å²) in [5.41, 5.74) is 10.3. The molecule has 4 aromatic rings. The van der Waals surface area contributed by atoms with Crippen molar-refractivity contribution in [1.82, 2.24) is 9.72 Å². The molecule has 2 heterocycles. The lowest BCUT2D eigenvalue weighted by atomic mass is 9.92. The fourth-order valence-corrected chi connectivity index (χ4v) is 4.01. The highest BCUT2D eigenvalue weighted by molar-refractivity contribution is 6.10. The van der Waals surface area contributed by atoms with E-state index in [9.17, 15) is 19.1 Å². The monoisotopic (exact) mass is 438 g/mol. The molecule has 0 saturated carbocycles. The van der Waals surface area contributed by atoms with Crippen LogP contribution in [0.25, 0.3) is 33.5 Å². The van der Waals surface area contributed by atoms with E-state index >= 15 is 0 Å². The zero-order chi connectivity index (χ0) is 23.2. The van der Waals surface area contributed by atoms with E-state index in [4.69, 9.17) is 10.3 Å². The third-order valence-electron chi connectivity index (χ3n) is 5.38. The van der Waals surface area contributed by atoms with E-state index in [0.29, 0.717) is 50.7 Å². The number of amidine groups is 1. The van der Waals surface area contributed by atoms with Crippen LogP contribution in [0.3, 0.4) is 0 Å². The molecular weight excluding hydrogens is 418 g/mol. The molecule has 0 saturated heterocycles. The lowest BCUT2D eigenvalue weighted by Crippen LogP contribution is -2.18. The van der Waals surface area contributed by atoms with Crippen LogP contribution in [0.5, 0.6) is 5.75 Å². The maximum atomic E-state index is 14.2. The Morgan fingerprint density at radius 2 is 1.66 bits per heavy atom. The molecule has 2 aromatic carbocycles. The van der Waals surface area contributed by atoms with Crippen molar-refractivity contribution >= 4 is 5.84 Å². The molecule has 0 aliphatic heterocycles. The molecule has 0 unspecified atom stereocenters. The van der Waals surface area contributed by atoms with Gasteiger partial charge in [-0.05, 0) is 49.7 Å². The number of oxime groups is 1. The molecule has 0 fully saturated rings. The summed E-state index contributed by atoms with van der Waals surface area (Å²) in [5, 5.41) is 26.5. The van der Waals surface area contributed by atoms with Gasteiger partial charge in [-0.1, -0.05) is 22.4 Å². The summed E-state index contributed by atoms with van der Waals surface area (Å²) in [6.45, 7) is 3.49. The van der Waals surface area contributed by atoms with Crippen LogP contribution in [-0.2, 0) is 7.05 Å². The summed E-state index contributed by atoms with van der Waals surface area (Å²) < 4.78 is 34.9. The predicted octanol–water partition coefficient (Wildman–Crippen LogP) is 4.71. The van der Waals surface area contributed by atoms with Crippen molar-refractivity contribution in [3.8, 4) is 39.3 Å². The Morgan fingerprint density at radius 3 is 2.22 bits per heavy atom. The summed E-state index contributed by atoms with van der Waals surface area (Å²) in [6, 6.07) is 9.97. The van der Waals surface area contributed by atoms with Crippen molar-refractivity contribution in [2.24, 2.45) is 17.9 Å². The molecule has 0 radical (unpaired) electrons. The molecule has 9 heteroatoms. The van der Waals surface area contributed by atoms with Crippen LogP contribution < -0.4 is 5.73 Å². The largest absolute Gasteiger partial charge is 0.508 e. The van der Waals surface area contributed by atoms with Crippen molar-refractivity contribution in [1.29, 1.82) is 0 Å². The molecule has 0 atom stereocenters. The van der Waals surface area contributed by atoms with Gasteiger partial charge in [-0.15, -0.1) is 0 Å². The van der Waals surface area contributed by atoms with E-state index in [0.717, 1.165) is 12.1 Å². The Hall–Kier alpha value is -4.14. The molecule has 0 spiro atoms. The Labute approximate surface area is 182 Å². The van der Waals surface area contributed by atoms with Crippen molar-refractivity contribution in [2.75, 3.05) is 0 Å². The first kappa shape index (κ1) is 21.1. The number of benzene rings is 2. The fourth-order valence-electron chi connectivity index (χ4n) is 4.01. The third kappa shape index (κ3) is 3.27. The first-order valence-corrected chi connectivity index (χ1v) is 9.63. The Balaban J connectivity index is 2.21. The van der Waals surface area contributed by atoms with Crippen LogP contribution >= 0.6 is 0 Å². The summed E-state index contributed by atoms with van der Waals surface area (Å²) >= 11 is 0. The molecule has 7 nitrogen and oxygen atoms in total. The highest BCUT2D eigenvalue weighted by Crippen LogP contribution is 2.46. The minimum atomic E-state index is -1.01. The van der Waals surface area contributed by atoms with E-state index in [1.54, 1.807) is 37.6 Å². The zero-order valence-electron chi connectivity index (χ0n) is 17.5. The van der Waals surface area contributed by atoms with Gasteiger partial charge in [-0.2, -0.15) is 0 Å². The van der Waals surface area contributed by atoms with E-state index in [2.05, 4.69) is 10.3 Å². The molecule has 2 aromatic heterocycles. The zero-order valence-corrected chi connectivity index (χ0v) is 17.5. The lowest BCUT2D eigenvalue weighted by molar-refractivity contribution is 0.318. The maximum absolute atomic E-state index is 14.2. The van der Waals surface area contributed by atoms with Crippen LogP contribution in [0.2, 0.25) is 0 Å². The summed E-state index contributed by atoms with van der Waals surface area (Å²) in [5.74, 6) is -1.61. The number of phenols is 1. The highest BCUT2D eigenvalue weighted by atomic mass is 19.2. The molecule has 4 rings (SSSR count). The molecule has 0 aliphatic carbocycles. The van der Waals surface area contributed by atoms with Crippen LogP contribution in [-0.4, -0.2) is 25.9 Å². The van der Waals surface area contributed by atoms with Gasteiger partial charge < -0.3 is 25.1 Å². The third-order valence-corrected chi connectivity index (χ3v) is 5.38. The first-order valence-electron chi connectivity index (χ1n) is 9.63. The van der Waals surface area contributed by atoms with Gasteiger partial charge in [0.25, 0.3) is 0 Å². The number of aryl methyl sites for hydroxylation is 2. The summed E-state index contributed by atoms with van der Waals surface area (Å²) in [6.07, 6.45) is 0. The van der Waals surface area contributed by atoms with E-state index in [1.807, 2.05) is 0 Å². The first-order chi connectivity index (χ1) is 15.2. The van der Waals surface area contributed by atoms with Gasteiger partial charge in [0.15, 0.2) is 17.5 Å². The number of hydrogen-bond donors (Lipinski definition) is 3. The van der Waals surface area contributed by atoms with Crippen molar-refractivity contribution in [2.45, 2.75) is 13.8 Å². The number of rotatable bonds is 4. The van der Waals surface area contributed by atoms with E-state index in [1.165, 1.54) is 18.2 Å². The van der Waals surface area contributed by atoms with Gasteiger partial charge in [0.1, 0.15) is 11.5 Å². The van der Waals surface area contributed by atoms with Gasteiger partial charge >= 0.3 is 0 Å². The number of aromatic nitrogens is 2. The SMILES string of the molecule is Cc1noc(C)c1-c1c(-c2ccc(O)cc2)c(-c2ccc(F)c(F)c2)n(C)c1C(N)=NO. The number of phenolic OH excluding ortho intramolecular Hbond substituents is 1. The van der Waals surface area contributed by atoms with E-state index < -0.39 is 11.6 Å². The van der Waals surface area contributed by atoms with Gasteiger partial charge in [0, 0.05) is 23.7 Å². The Kier molecular flexibility index (Phi) is 5.17. The van der Waals surface area contributed by atoms with Gasteiger partial charge in [-0.3, -0.25) is 0 Å². The summed E-state index contributed by atoms with van der Waals surface area (Å²) in [7, 11) is 1.68. The lowest BCUT2D eigenvalue weighted by Gasteiger charge is -2.11. The molecule has 164 valence electrons. The fraction of sp³-hybridized carbons (Fsp3) is 0.130. The second kappa shape index (κ2) is 7.84. The number of hydrogen-bond acceptors (Lipinski definition) is 5. The normalized spacial score (nSPS) is 11.8. The van der Waals surface area contributed by atoms with Crippen LogP contribution in [0, 0.1) is 25.5 Å². The number of nitrogens with two attached hydrogens (primary N) is 1. The molecule has 32 heavy (non-hydrogen) atoms. The van der Waals surface area contributed by atoms with Gasteiger partial charge in [-0.25, -0.2) is 8.78 Å². The number of aromatic hydroxyl groups is 1. The van der Waals surface area contributed by atoms with Crippen LogP contribution in [0.1, 0.15) is 17.1 Å². The molecule has 0 aliphatic rings. The topological polar surface area (TPSA) is 110 Å². The maximum Gasteiger partial charge on any atom is 0.187 e. The van der Waals surface area contributed by atoms with Crippen molar-refractivity contribution in [3.63, 3.8) is 0 Å². The van der Waals surface area contributed by atoms with E-state index in [-0.39, 0.29) is 11.6 Å². The average Bonchev–Trinajstić information content (AvgIpc) is 3.25. The second-order valence-electron chi connectivity index (χ2n) is 7.37. The molecule has 0 amide bonds. The van der Waals surface area contributed by atoms with Gasteiger partial charge in [0.2, 0.25) is 0 Å². The molecular formula is C23H20F2N4O3. The number of nitrogens with zero attached hydrogens (tertiary/aromatic N) is 3. The summed E-state index contributed by atoms with van der Waals surface area (Å²) in [4.78, 5) is 0. The quantitative estimate of drug-likeness (QED) is 0.185. The standard InChI is InChI=1S/C23H20F2N4O3/c1-11-18(12(2)32-28-11)20-19(13-4-7-15(30)8-5-13)21(29(3)22(20)23(26)27-31)14-6-9-16(24)17(25)10-14/h4-10,30-31H,1-3H3,(H2,26,27). The minimum Gasteiger partial charge on any atom is -0.508 e. The predicted molar refractivity (Wildman–Crippen MR) is 115 cm³/mol. The molecule has 4 N–H and O–H groups in total. The minimum absolute atomic E-state index is 0.0644. The van der Waals surface area contributed by atoms with Crippen molar-refractivity contribution in [3.05, 3.63) is 71.2 Å². The van der Waals surface area contributed by atoms with Gasteiger partial charge in [0.05, 0.1) is 22.6 Å². The average molecular weight is 438 g/mol. The van der Waals surface area contributed by atoms with Crippen LogP contribution in [0.4, 0.5) is 8.78 Å². The Morgan fingerprint density at radius 1 is 1.00 bits per heavy atom. The van der Waals surface area contributed by atoms with Crippen molar-refractivity contribution < 1.29 is 23.6 Å². The number of halogens is 2. The Bertz CT molecular complexity index is 1340. The second-order valence-corrected chi connectivity index (χ2v) is 7.37. The van der Waals surface area contributed by atoms with Crippen LogP contribution in [0.15, 0.2) is 52.1 Å². The highest BCUT2D eigenvalue weighted by Gasteiger charge is 2.30. The smallest absolute Gasteiger partial charge is 0.187 e.